The summed E-state index contributed by atoms with van der Waals surface area (Å²) >= 11 is 1.38. The predicted molar refractivity (Wildman–Crippen MR) is 122 cm³/mol. The zero-order valence-electron chi connectivity index (χ0n) is 17.5. The number of rotatable bonds is 6. The molecule has 0 saturated heterocycles. The molecule has 3 heterocycles. The minimum atomic E-state index is -0.570. The topological polar surface area (TPSA) is 141 Å². The van der Waals surface area contributed by atoms with E-state index >= 15 is 0 Å². The van der Waals surface area contributed by atoms with E-state index in [-0.39, 0.29) is 5.76 Å². The second-order valence-corrected chi connectivity index (χ2v) is 7.88. The highest BCUT2D eigenvalue weighted by Crippen LogP contribution is 2.30. The van der Waals surface area contributed by atoms with Crippen molar-refractivity contribution >= 4 is 34.5 Å². The molecule has 0 atom stereocenters. The van der Waals surface area contributed by atoms with Crippen molar-refractivity contribution in [2.24, 2.45) is 0 Å². The molecule has 12 heteroatoms. The summed E-state index contributed by atoms with van der Waals surface area (Å²) in [5.74, 6) is -0.532. The molecule has 0 spiro atoms. The lowest BCUT2D eigenvalue weighted by Crippen LogP contribution is -2.41. The molecule has 0 aliphatic heterocycles. The van der Waals surface area contributed by atoms with Crippen LogP contribution in [0.5, 0.6) is 0 Å². The molecule has 0 aliphatic carbocycles. The van der Waals surface area contributed by atoms with Gasteiger partial charge in [0, 0.05) is 34.7 Å². The van der Waals surface area contributed by atoms with Crippen LogP contribution in [0, 0.1) is 0 Å². The third-order valence-corrected chi connectivity index (χ3v) is 5.73. The number of carbonyl (C=O) groups excluding carboxylic acids is 2. The summed E-state index contributed by atoms with van der Waals surface area (Å²) in [6.07, 6.45) is 4.76. The Morgan fingerprint density at radius 2 is 1.71 bits per heavy atom. The Labute approximate surface area is 196 Å². The average molecular weight is 472 g/mol. The van der Waals surface area contributed by atoms with Crippen LogP contribution >= 0.6 is 11.8 Å². The predicted octanol–water partition coefficient (Wildman–Crippen LogP) is 2.57. The van der Waals surface area contributed by atoms with Gasteiger partial charge in [-0.15, -0.1) is 5.10 Å². The number of nitrogens with zero attached hydrogens (tertiary/aromatic N) is 6. The van der Waals surface area contributed by atoms with Crippen molar-refractivity contribution < 1.29 is 14.0 Å². The summed E-state index contributed by atoms with van der Waals surface area (Å²) in [4.78, 5) is 33.8. The van der Waals surface area contributed by atoms with Gasteiger partial charge in [-0.1, -0.05) is 30.0 Å². The molecular formula is C22H16N8O3S. The normalized spacial score (nSPS) is 10.8. The highest BCUT2D eigenvalue weighted by atomic mass is 32.2. The fraction of sp³-hybridized carbons (Fsp3) is 0.0455. The number of hydrogen-bond acceptors (Lipinski definition) is 9. The van der Waals surface area contributed by atoms with Crippen LogP contribution in [0.25, 0.3) is 16.7 Å². The molecule has 3 aromatic heterocycles. The maximum Gasteiger partial charge on any atom is 0.305 e. The Morgan fingerprint density at radius 1 is 0.941 bits per heavy atom. The third-order valence-electron chi connectivity index (χ3n) is 4.82. The minimum absolute atomic E-state index is 0.110. The van der Waals surface area contributed by atoms with E-state index in [0.717, 1.165) is 5.39 Å². The molecular weight excluding hydrogens is 456 g/mol. The van der Waals surface area contributed by atoms with E-state index < -0.39 is 11.8 Å². The van der Waals surface area contributed by atoms with Gasteiger partial charge in [0.2, 0.25) is 0 Å². The maximum atomic E-state index is 12.9. The Balaban J connectivity index is 1.30. The Hall–Kier alpha value is -4.58. The molecule has 0 radical (unpaired) electrons. The molecule has 11 nitrogen and oxygen atoms in total. The second kappa shape index (κ2) is 9.50. The zero-order chi connectivity index (χ0) is 23.3. The number of nitrogens with one attached hydrogen (secondary N) is 2. The molecule has 2 amide bonds. The number of thioether (sulfide) groups is 1. The van der Waals surface area contributed by atoms with Crippen molar-refractivity contribution in [3.63, 3.8) is 0 Å². The van der Waals surface area contributed by atoms with Gasteiger partial charge in [-0.2, -0.15) is 0 Å². The number of tetrazole rings is 1. The van der Waals surface area contributed by atoms with Gasteiger partial charge in [-0.25, -0.2) is 14.6 Å². The largest absolute Gasteiger partial charge is 0.451 e. The highest BCUT2D eigenvalue weighted by molar-refractivity contribution is 7.98. The number of hydrogen-bond donors (Lipinski definition) is 2. The summed E-state index contributed by atoms with van der Waals surface area (Å²) in [5, 5.41) is 12.3. The second-order valence-electron chi connectivity index (χ2n) is 6.94. The summed E-state index contributed by atoms with van der Waals surface area (Å²) in [6, 6.07) is 15.7. The van der Waals surface area contributed by atoms with Crippen molar-refractivity contribution in [1.29, 1.82) is 0 Å². The average Bonchev–Trinajstić information content (AvgIpc) is 3.55. The zero-order valence-corrected chi connectivity index (χ0v) is 18.3. The summed E-state index contributed by atoms with van der Waals surface area (Å²) in [5.41, 5.74) is 7.14. The van der Waals surface area contributed by atoms with Crippen molar-refractivity contribution in [2.45, 2.75) is 10.9 Å². The third kappa shape index (κ3) is 4.47. The smallest absolute Gasteiger partial charge is 0.305 e. The van der Waals surface area contributed by atoms with Gasteiger partial charge in [-0.05, 0) is 46.8 Å². The summed E-state index contributed by atoms with van der Waals surface area (Å²) in [6.45, 7) is 0. The van der Waals surface area contributed by atoms with Crippen molar-refractivity contribution in [3.8, 4) is 5.69 Å². The summed E-state index contributed by atoms with van der Waals surface area (Å²) < 4.78 is 7.27. The van der Waals surface area contributed by atoms with Crippen LogP contribution in [0.4, 0.5) is 0 Å². The molecule has 168 valence electrons. The van der Waals surface area contributed by atoms with Crippen LogP contribution in [0.15, 0.2) is 82.9 Å². The van der Waals surface area contributed by atoms with Gasteiger partial charge >= 0.3 is 5.91 Å². The molecule has 2 N–H and O–H groups in total. The monoisotopic (exact) mass is 472 g/mol. The molecule has 0 fully saturated rings. The van der Waals surface area contributed by atoms with Gasteiger partial charge in [0.05, 0.1) is 5.69 Å². The molecule has 2 aromatic carbocycles. The van der Waals surface area contributed by atoms with Gasteiger partial charge in [0.25, 0.3) is 5.91 Å². The first-order valence-corrected chi connectivity index (χ1v) is 11.0. The van der Waals surface area contributed by atoms with E-state index in [1.807, 2.05) is 18.2 Å². The number of hydrazine groups is 1. The number of para-hydroxylation sites is 1. The van der Waals surface area contributed by atoms with E-state index in [1.165, 1.54) is 22.8 Å². The minimum Gasteiger partial charge on any atom is -0.451 e. The number of aromatic nitrogens is 6. The fourth-order valence-electron chi connectivity index (χ4n) is 3.21. The van der Waals surface area contributed by atoms with E-state index in [0.29, 0.717) is 33.3 Å². The fourth-order valence-corrected chi connectivity index (χ4v) is 4.04. The van der Waals surface area contributed by atoms with Crippen LogP contribution < -0.4 is 10.9 Å². The van der Waals surface area contributed by atoms with Crippen LogP contribution in [0.3, 0.4) is 0 Å². The van der Waals surface area contributed by atoms with Gasteiger partial charge < -0.3 is 4.42 Å². The highest BCUT2D eigenvalue weighted by Gasteiger charge is 2.21. The van der Waals surface area contributed by atoms with Crippen LogP contribution in [0.1, 0.15) is 26.5 Å². The quantitative estimate of drug-likeness (QED) is 0.217. The SMILES string of the molecule is O=C(NNC(=O)c1oc2ccccc2c1CSc1ncccn1)c1ccc(-n2cnnn2)cc1. The van der Waals surface area contributed by atoms with Gasteiger partial charge in [0.1, 0.15) is 11.9 Å². The molecule has 5 rings (SSSR count). The molecule has 0 bridgehead atoms. The van der Waals surface area contributed by atoms with Crippen LogP contribution in [-0.4, -0.2) is 42.0 Å². The van der Waals surface area contributed by atoms with E-state index in [9.17, 15) is 9.59 Å². The number of carbonyl (C=O) groups is 2. The van der Waals surface area contributed by atoms with Gasteiger partial charge in [-0.3, -0.25) is 20.4 Å². The van der Waals surface area contributed by atoms with E-state index in [4.69, 9.17) is 4.42 Å². The van der Waals surface area contributed by atoms with Crippen molar-refractivity contribution in [3.05, 3.63) is 90.2 Å². The maximum absolute atomic E-state index is 12.9. The number of benzene rings is 2. The Bertz CT molecular complexity index is 1440. The lowest BCUT2D eigenvalue weighted by atomic mass is 10.1. The van der Waals surface area contributed by atoms with Crippen LogP contribution in [0.2, 0.25) is 0 Å². The lowest BCUT2D eigenvalue weighted by molar-refractivity contribution is 0.0831. The molecule has 0 saturated carbocycles. The lowest BCUT2D eigenvalue weighted by Gasteiger charge is -2.08. The molecule has 0 aliphatic rings. The van der Waals surface area contributed by atoms with Crippen molar-refractivity contribution in [2.75, 3.05) is 0 Å². The van der Waals surface area contributed by atoms with E-state index in [2.05, 4.69) is 36.3 Å². The first-order chi connectivity index (χ1) is 16.7. The number of furan rings is 1. The number of amides is 2. The molecule has 0 unspecified atom stereocenters. The Morgan fingerprint density at radius 3 is 2.47 bits per heavy atom. The van der Waals surface area contributed by atoms with E-state index in [1.54, 1.807) is 48.8 Å². The first-order valence-electron chi connectivity index (χ1n) is 10.0. The van der Waals surface area contributed by atoms with Gasteiger partial charge in [0.15, 0.2) is 10.9 Å². The molecule has 34 heavy (non-hydrogen) atoms. The van der Waals surface area contributed by atoms with Crippen LogP contribution in [-0.2, 0) is 5.75 Å². The summed E-state index contributed by atoms with van der Waals surface area (Å²) in [7, 11) is 0. The Kier molecular flexibility index (Phi) is 5.95. The number of fused-ring (bicyclic) bond motifs is 1. The van der Waals surface area contributed by atoms with Crippen molar-refractivity contribution in [1.82, 2.24) is 41.0 Å². The first kappa shape index (κ1) is 21.3. The molecule has 5 aromatic rings. The standard InChI is InChI=1S/C22H16N8O3S/c31-20(14-6-8-15(9-7-14)30-13-25-28-29-30)26-27-21(32)19-17(12-34-22-23-10-3-11-24-22)16-4-1-2-5-18(16)33-19/h1-11,13H,12H2,(H,26,31)(H,27,32).